The summed E-state index contributed by atoms with van der Waals surface area (Å²) in [5.41, 5.74) is 0.498. The molecule has 1 fully saturated rings. The summed E-state index contributed by atoms with van der Waals surface area (Å²) in [4.78, 5) is 14.3. The van der Waals surface area contributed by atoms with Crippen LogP contribution in [0.1, 0.15) is 29.8 Å². The number of carbonyl (C=O) groups excluding carboxylic acids is 1. The Morgan fingerprint density at radius 3 is 3.29 bits per heavy atom. The highest BCUT2D eigenvalue weighted by molar-refractivity contribution is 5.70. The zero-order valence-corrected chi connectivity index (χ0v) is 8.06. The molecule has 1 aliphatic rings. The van der Waals surface area contributed by atoms with E-state index in [0.717, 1.165) is 32.3 Å². The van der Waals surface area contributed by atoms with E-state index in [2.05, 4.69) is 4.98 Å². The van der Waals surface area contributed by atoms with E-state index in [1.54, 1.807) is 12.5 Å². The standard InChI is InChI=1S/C10H14N2O2/c13-7-9-6-12(8-11-9)4-3-10-2-1-5-14-10/h6-8,10H,1-5H2. The first-order valence-corrected chi connectivity index (χ1v) is 4.97. The molecule has 1 saturated heterocycles. The van der Waals surface area contributed by atoms with Crippen LogP contribution in [0.2, 0.25) is 0 Å². The number of imidazole rings is 1. The first kappa shape index (κ1) is 9.40. The number of hydrogen-bond acceptors (Lipinski definition) is 3. The molecule has 4 heteroatoms. The van der Waals surface area contributed by atoms with Crippen molar-refractivity contribution >= 4 is 6.29 Å². The second kappa shape index (κ2) is 4.37. The molecule has 0 amide bonds. The number of rotatable bonds is 4. The Morgan fingerprint density at radius 1 is 1.71 bits per heavy atom. The molecule has 1 aromatic heterocycles. The maximum Gasteiger partial charge on any atom is 0.169 e. The molecule has 0 aromatic carbocycles. The highest BCUT2D eigenvalue weighted by Gasteiger charge is 2.14. The minimum Gasteiger partial charge on any atom is -0.378 e. The van der Waals surface area contributed by atoms with Crippen molar-refractivity contribution in [2.75, 3.05) is 6.61 Å². The molecule has 2 rings (SSSR count). The molecule has 0 spiro atoms. The van der Waals surface area contributed by atoms with Crippen LogP contribution in [-0.2, 0) is 11.3 Å². The summed E-state index contributed by atoms with van der Waals surface area (Å²) in [6.45, 7) is 1.78. The maximum absolute atomic E-state index is 10.4. The summed E-state index contributed by atoms with van der Waals surface area (Å²) >= 11 is 0. The van der Waals surface area contributed by atoms with Crippen LogP contribution in [0.15, 0.2) is 12.5 Å². The molecule has 0 saturated carbocycles. The summed E-state index contributed by atoms with van der Waals surface area (Å²) in [5, 5.41) is 0. The molecule has 0 N–H and O–H groups in total. The van der Waals surface area contributed by atoms with E-state index in [0.29, 0.717) is 11.8 Å². The van der Waals surface area contributed by atoms with Crippen molar-refractivity contribution in [3.05, 3.63) is 18.2 Å². The topological polar surface area (TPSA) is 44.1 Å². The van der Waals surface area contributed by atoms with Crippen molar-refractivity contribution in [3.8, 4) is 0 Å². The lowest BCUT2D eigenvalue weighted by Crippen LogP contribution is -2.08. The third-order valence-electron chi connectivity index (χ3n) is 2.51. The molecule has 0 radical (unpaired) electrons. The van der Waals surface area contributed by atoms with Crippen molar-refractivity contribution < 1.29 is 9.53 Å². The van der Waals surface area contributed by atoms with Gasteiger partial charge in [0, 0.05) is 19.3 Å². The largest absolute Gasteiger partial charge is 0.378 e. The van der Waals surface area contributed by atoms with Crippen molar-refractivity contribution in [1.82, 2.24) is 9.55 Å². The Morgan fingerprint density at radius 2 is 2.64 bits per heavy atom. The van der Waals surface area contributed by atoms with Crippen LogP contribution in [0.5, 0.6) is 0 Å². The molecule has 14 heavy (non-hydrogen) atoms. The summed E-state index contributed by atoms with van der Waals surface area (Å²) < 4.78 is 7.44. The number of aldehydes is 1. The summed E-state index contributed by atoms with van der Waals surface area (Å²) in [6, 6.07) is 0. The van der Waals surface area contributed by atoms with Gasteiger partial charge in [-0.05, 0) is 19.3 Å². The van der Waals surface area contributed by atoms with Gasteiger partial charge >= 0.3 is 0 Å². The fourth-order valence-corrected chi connectivity index (χ4v) is 1.73. The van der Waals surface area contributed by atoms with E-state index in [1.807, 2.05) is 4.57 Å². The lowest BCUT2D eigenvalue weighted by molar-refractivity contribution is 0.100. The molecule has 1 atom stereocenters. The predicted molar refractivity (Wildman–Crippen MR) is 51.2 cm³/mol. The zero-order chi connectivity index (χ0) is 9.80. The minimum atomic E-state index is 0.400. The van der Waals surface area contributed by atoms with Gasteiger partial charge in [0.05, 0.1) is 12.4 Å². The van der Waals surface area contributed by atoms with Gasteiger partial charge in [-0.1, -0.05) is 0 Å². The number of nitrogens with zero attached hydrogens (tertiary/aromatic N) is 2. The lowest BCUT2D eigenvalue weighted by Gasteiger charge is -2.08. The van der Waals surface area contributed by atoms with Gasteiger partial charge < -0.3 is 9.30 Å². The van der Waals surface area contributed by atoms with Crippen LogP contribution in [0.25, 0.3) is 0 Å². The summed E-state index contributed by atoms with van der Waals surface area (Å²) in [6.07, 6.45) is 7.97. The molecule has 1 aromatic rings. The summed E-state index contributed by atoms with van der Waals surface area (Å²) in [5.74, 6) is 0. The lowest BCUT2D eigenvalue weighted by atomic mass is 10.2. The number of carbonyl (C=O) groups is 1. The fourth-order valence-electron chi connectivity index (χ4n) is 1.73. The normalized spacial score (nSPS) is 21.3. The molecule has 0 bridgehead atoms. The molecule has 4 nitrogen and oxygen atoms in total. The van der Waals surface area contributed by atoms with Crippen molar-refractivity contribution in [2.45, 2.75) is 31.9 Å². The molecular weight excluding hydrogens is 180 g/mol. The Bertz CT molecular complexity index is 303. The average Bonchev–Trinajstić information content (AvgIpc) is 2.86. The van der Waals surface area contributed by atoms with Gasteiger partial charge in [-0.15, -0.1) is 0 Å². The van der Waals surface area contributed by atoms with Gasteiger partial charge in [0.25, 0.3) is 0 Å². The number of hydrogen-bond donors (Lipinski definition) is 0. The van der Waals surface area contributed by atoms with Crippen LogP contribution >= 0.6 is 0 Å². The number of aromatic nitrogens is 2. The van der Waals surface area contributed by atoms with E-state index in [-0.39, 0.29) is 0 Å². The van der Waals surface area contributed by atoms with E-state index >= 15 is 0 Å². The number of ether oxygens (including phenoxy) is 1. The number of aryl methyl sites for hydroxylation is 1. The van der Waals surface area contributed by atoms with Crippen LogP contribution in [0, 0.1) is 0 Å². The molecule has 0 aliphatic carbocycles. The second-order valence-electron chi connectivity index (χ2n) is 3.58. The van der Waals surface area contributed by atoms with Gasteiger partial charge in [-0.2, -0.15) is 0 Å². The van der Waals surface area contributed by atoms with Crippen LogP contribution in [-0.4, -0.2) is 28.5 Å². The van der Waals surface area contributed by atoms with Crippen LogP contribution in [0.3, 0.4) is 0 Å². The van der Waals surface area contributed by atoms with E-state index in [9.17, 15) is 4.79 Å². The van der Waals surface area contributed by atoms with Crippen LogP contribution < -0.4 is 0 Å². The van der Waals surface area contributed by atoms with Crippen molar-refractivity contribution in [3.63, 3.8) is 0 Å². The fraction of sp³-hybridized carbons (Fsp3) is 0.600. The van der Waals surface area contributed by atoms with Crippen LogP contribution in [0.4, 0.5) is 0 Å². The Hall–Kier alpha value is -1.16. The summed E-state index contributed by atoms with van der Waals surface area (Å²) in [7, 11) is 0. The van der Waals surface area contributed by atoms with E-state index in [1.165, 1.54) is 6.42 Å². The van der Waals surface area contributed by atoms with E-state index < -0.39 is 0 Å². The molecule has 76 valence electrons. The predicted octanol–water partition coefficient (Wildman–Crippen LogP) is 1.26. The Balaban J connectivity index is 1.81. The molecular formula is C10H14N2O2. The third kappa shape index (κ3) is 2.20. The van der Waals surface area contributed by atoms with Gasteiger partial charge in [0.15, 0.2) is 6.29 Å². The van der Waals surface area contributed by atoms with Crippen molar-refractivity contribution in [1.29, 1.82) is 0 Å². The van der Waals surface area contributed by atoms with Crippen molar-refractivity contribution in [2.24, 2.45) is 0 Å². The van der Waals surface area contributed by atoms with Gasteiger partial charge in [-0.3, -0.25) is 4.79 Å². The first-order chi connectivity index (χ1) is 6.88. The monoisotopic (exact) mass is 194 g/mol. The van der Waals surface area contributed by atoms with Gasteiger partial charge in [0.2, 0.25) is 0 Å². The smallest absolute Gasteiger partial charge is 0.169 e. The Labute approximate surface area is 82.9 Å². The quantitative estimate of drug-likeness (QED) is 0.678. The maximum atomic E-state index is 10.4. The minimum absolute atomic E-state index is 0.400. The molecule has 2 heterocycles. The Kier molecular flexibility index (Phi) is 2.93. The van der Waals surface area contributed by atoms with Gasteiger partial charge in [0.1, 0.15) is 5.69 Å². The highest BCUT2D eigenvalue weighted by Crippen LogP contribution is 2.15. The van der Waals surface area contributed by atoms with E-state index in [4.69, 9.17) is 4.74 Å². The van der Waals surface area contributed by atoms with Gasteiger partial charge in [-0.25, -0.2) is 4.98 Å². The SMILES string of the molecule is O=Cc1cn(CCC2CCCO2)cn1. The first-order valence-electron chi connectivity index (χ1n) is 4.97. The molecule has 1 aliphatic heterocycles. The zero-order valence-electron chi connectivity index (χ0n) is 8.06. The second-order valence-corrected chi connectivity index (χ2v) is 3.58. The molecule has 1 unspecified atom stereocenters. The average molecular weight is 194 g/mol. The third-order valence-corrected chi connectivity index (χ3v) is 2.51. The highest BCUT2D eigenvalue weighted by atomic mass is 16.5.